The summed E-state index contributed by atoms with van der Waals surface area (Å²) in [7, 11) is -3.92. The number of carbonyl (C=O) groups is 1. The second-order valence-corrected chi connectivity index (χ2v) is 8.50. The van der Waals surface area contributed by atoms with Crippen molar-refractivity contribution in [3.05, 3.63) is 70.6 Å². The number of nitrogens with zero attached hydrogens (tertiary/aromatic N) is 2. The Morgan fingerprint density at radius 2 is 1.77 bits per heavy atom. The van der Waals surface area contributed by atoms with E-state index in [9.17, 15) is 13.2 Å². The number of carbonyl (C=O) groups excluding carboxylic acids is 1. The fraction of sp³-hybridized carbons (Fsp3) is 0. The van der Waals surface area contributed by atoms with Crippen LogP contribution in [0.1, 0.15) is 11.1 Å². The summed E-state index contributed by atoms with van der Waals surface area (Å²) in [4.78, 5) is 15.1. The zero-order valence-corrected chi connectivity index (χ0v) is 15.6. The molecule has 0 unspecified atom stereocenters. The molecule has 3 rings (SSSR count). The number of hydrogen-bond donors (Lipinski definition) is 1. The molecule has 1 heterocycles. The number of thioether (sulfide) groups is 1. The van der Waals surface area contributed by atoms with Crippen molar-refractivity contribution < 1.29 is 13.2 Å². The fourth-order valence-corrected chi connectivity index (χ4v) is 4.45. The molecule has 1 saturated heterocycles. The Kier molecular flexibility index (Phi) is 5.20. The Hall–Kier alpha value is -2.51. The number of nitriles is 1. The molecule has 0 saturated carbocycles. The van der Waals surface area contributed by atoms with E-state index in [1.165, 1.54) is 12.1 Å². The van der Waals surface area contributed by atoms with E-state index >= 15 is 0 Å². The molecule has 9 heteroatoms. The van der Waals surface area contributed by atoms with Gasteiger partial charge in [-0.25, -0.2) is 13.4 Å². The summed E-state index contributed by atoms with van der Waals surface area (Å²) in [5.41, 5.74) is 1.21. The summed E-state index contributed by atoms with van der Waals surface area (Å²) in [6.07, 6.45) is 1.59. The topological polar surface area (TPSA) is 90.3 Å². The van der Waals surface area contributed by atoms with E-state index in [4.69, 9.17) is 17.5 Å². The molecule has 0 spiro atoms. The molecule has 0 radical (unpaired) electrons. The molecular weight excluding hydrogens is 390 g/mol. The van der Waals surface area contributed by atoms with E-state index < -0.39 is 15.9 Å². The second-order valence-electron chi connectivity index (χ2n) is 5.16. The zero-order valence-electron chi connectivity index (χ0n) is 13.1. The van der Waals surface area contributed by atoms with Crippen molar-refractivity contribution in [2.24, 2.45) is 0 Å². The van der Waals surface area contributed by atoms with Gasteiger partial charge in [0.1, 0.15) is 0 Å². The number of benzene rings is 2. The molecule has 0 bridgehead atoms. The zero-order chi connectivity index (χ0) is 18.7. The Balaban J connectivity index is 1.83. The highest BCUT2D eigenvalue weighted by molar-refractivity contribution is 8.26. The van der Waals surface area contributed by atoms with Crippen molar-refractivity contribution >= 4 is 50.3 Å². The van der Waals surface area contributed by atoms with Crippen LogP contribution in [0.3, 0.4) is 0 Å². The van der Waals surface area contributed by atoms with E-state index in [2.05, 4.69) is 4.83 Å². The van der Waals surface area contributed by atoms with Gasteiger partial charge in [-0.05, 0) is 35.9 Å². The molecule has 1 amide bonds. The molecule has 0 aliphatic carbocycles. The summed E-state index contributed by atoms with van der Waals surface area (Å²) in [6.45, 7) is 0. The third-order valence-corrected chi connectivity index (χ3v) is 6.01. The maximum atomic E-state index is 12.5. The number of hydrogen-bond acceptors (Lipinski definition) is 6. The van der Waals surface area contributed by atoms with E-state index in [1.807, 2.05) is 6.07 Å². The predicted octanol–water partition coefficient (Wildman–Crippen LogP) is 2.65. The van der Waals surface area contributed by atoms with Crippen molar-refractivity contribution in [1.29, 1.82) is 5.26 Å². The van der Waals surface area contributed by atoms with E-state index in [0.29, 0.717) is 11.1 Å². The van der Waals surface area contributed by atoms with Crippen molar-refractivity contribution in [3.63, 3.8) is 0 Å². The summed E-state index contributed by atoms with van der Waals surface area (Å²) in [5, 5.41) is 9.66. The summed E-state index contributed by atoms with van der Waals surface area (Å²) in [6, 6.07) is 16.4. The fourth-order valence-electron chi connectivity index (χ4n) is 2.12. The van der Waals surface area contributed by atoms with E-state index in [0.717, 1.165) is 16.8 Å². The maximum absolute atomic E-state index is 12.5. The molecule has 0 aromatic heterocycles. The van der Waals surface area contributed by atoms with Crippen LogP contribution in [-0.2, 0) is 14.8 Å². The third-order valence-electron chi connectivity index (χ3n) is 3.40. The van der Waals surface area contributed by atoms with Crippen molar-refractivity contribution in [2.75, 3.05) is 0 Å². The Morgan fingerprint density at radius 1 is 1.12 bits per heavy atom. The van der Waals surface area contributed by atoms with Crippen LogP contribution >= 0.6 is 24.0 Å². The van der Waals surface area contributed by atoms with Gasteiger partial charge in [0.15, 0.2) is 4.32 Å². The summed E-state index contributed by atoms with van der Waals surface area (Å²) in [5.74, 6) is -0.552. The normalized spacial score (nSPS) is 16.1. The molecule has 2 aromatic carbocycles. The van der Waals surface area contributed by atoms with Crippen LogP contribution in [-0.4, -0.2) is 23.7 Å². The highest BCUT2D eigenvalue weighted by Crippen LogP contribution is 2.32. The van der Waals surface area contributed by atoms with Crippen LogP contribution in [0.15, 0.2) is 64.4 Å². The average molecular weight is 401 g/mol. The average Bonchev–Trinajstić information content (AvgIpc) is 2.90. The van der Waals surface area contributed by atoms with Crippen molar-refractivity contribution in [3.8, 4) is 6.07 Å². The largest absolute Gasteiger partial charge is 0.281 e. The Bertz CT molecular complexity index is 1040. The van der Waals surface area contributed by atoms with Gasteiger partial charge in [-0.3, -0.25) is 4.79 Å². The smallest absolute Gasteiger partial charge is 0.267 e. The molecule has 1 aliphatic heterocycles. The minimum atomic E-state index is -3.92. The van der Waals surface area contributed by atoms with Crippen LogP contribution in [0.25, 0.3) is 6.08 Å². The molecule has 1 N–H and O–H groups in total. The van der Waals surface area contributed by atoms with E-state index in [-0.39, 0.29) is 14.1 Å². The number of rotatable bonds is 4. The van der Waals surface area contributed by atoms with Gasteiger partial charge >= 0.3 is 0 Å². The lowest BCUT2D eigenvalue weighted by atomic mass is 10.1. The first-order chi connectivity index (χ1) is 12.4. The number of thiocarbonyl (C=S) groups is 1. The number of hydrazine groups is 1. The number of sulfonamides is 1. The molecule has 2 aromatic rings. The van der Waals surface area contributed by atoms with E-state index in [1.54, 1.807) is 48.5 Å². The number of nitrogens with one attached hydrogen (secondary N) is 1. The minimum absolute atomic E-state index is 0.0325. The highest BCUT2D eigenvalue weighted by atomic mass is 32.2. The van der Waals surface area contributed by atoms with Gasteiger partial charge in [0.25, 0.3) is 15.9 Å². The van der Waals surface area contributed by atoms with Gasteiger partial charge < -0.3 is 0 Å². The molecule has 130 valence electrons. The standard InChI is InChI=1S/C17H11N3O3S3/c18-11-13-8-6-12(7-9-13)10-15-16(21)20(17(24)25-15)19-26(22,23)14-4-2-1-3-5-14/h1-10,19H/b15-10-. The third kappa shape index (κ3) is 3.84. The second kappa shape index (κ2) is 7.39. The predicted molar refractivity (Wildman–Crippen MR) is 103 cm³/mol. The van der Waals surface area contributed by atoms with Crippen LogP contribution in [0.2, 0.25) is 0 Å². The first kappa shape index (κ1) is 18.3. The van der Waals surface area contributed by atoms with Gasteiger partial charge in [-0.15, -0.1) is 4.83 Å². The van der Waals surface area contributed by atoms with Gasteiger partial charge in [0.05, 0.1) is 21.4 Å². The van der Waals surface area contributed by atoms with Gasteiger partial charge in [0.2, 0.25) is 0 Å². The lowest BCUT2D eigenvalue weighted by molar-refractivity contribution is -0.123. The van der Waals surface area contributed by atoms with Gasteiger partial charge in [0, 0.05) is 0 Å². The molecule has 1 aliphatic rings. The van der Waals surface area contributed by atoms with Crippen LogP contribution in [0, 0.1) is 11.3 Å². The summed E-state index contributed by atoms with van der Waals surface area (Å²) >= 11 is 6.13. The Morgan fingerprint density at radius 3 is 2.38 bits per heavy atom. The lowest BCUT2D eigenvalue weighted by Crippen LogP contribution is -2.44. The van der Waals surface area contributed by atoms with Crippen molar-refractivity contribution in [1.82, 2.24) is 9.84 Å². The van der Waals surface area contributed by atoms with Crippen LogP contribution in [0.5, 0.6) is 0 Å². The van der Waals surface area contributed by atoms with Gasteiger partial charge in [-0.1, -0.05) is 54.3 Å². The van der Waals surface area contributed by atoms with Gasteiger partial charge in [-0.2, -0.15) is 5.26 Å². The van der Waals surface area contributed by atoms with Crippen molar-refractivity contribution in [2.45, 2.75) is 4.90 Å². The highest BCUT2D eigenvalue weighted by Gasteiger charge is 2.35. The molecular formula is C17H11N3O3S3. The molecule has 1 fully saturated rings. The molecule has 26 heavy (non-hydrogen) atoms. The first-order valence-electron chi connectivity index (χ1n) is 7.26. The molecule has 6 nitrogen and oxygen atoms in total. The molecule has 0 atom stereocenters. The maximum Gasteiger partial charge on any atom is 0.281 e. The lowest BCUT2D eigenvalue weighted by Gasteiger charge is -2.15. The minimum Gasteiger partial charge on any atom is -0.267 e. The monoisotopic (exact) mass is 401 g/mol. The first-order valence-corrected chi connectivity index (χ1v) is 9.97. The Labute approximate surface area is 160 Å². The quantitative estimate of drug-likeness (QED) is 0.626. The van der Waals surface area contributed by atoms with Crippen LogP contribution in [0.4, 0.5) is 0 Å². The van der Waals surface area contributed by atoms with Crippen LogP contribution < -0.4 is 4.83 Å². The number of amides is 1. The summed E-state index contributed by atoms with van der Waals surface area (Å²) < 4.78 is 24.9. The SMILES string of the molecule is N#Cc1ccc(/C=C2\SC(=S)N(NS(=O)(=O)c3ccccc3)C2=O)cc1.